The number of amides is 1. The minimum absolute atomic E-state index is 0.0859. The second kappa shape index (κ2) is 5.29. The molecule has 0 radical (unpaired) electrons. The van der Waals surface area contributed by atoms with E-state index in [0.717, 1.165) is 0 Å². The maximum atomic E-state index is 11.9. The van der Waals surface area contributed by atoms with E-state index < -0.39 is 5.97 Å². The molecular weight excluding hydrogens is 212 g/mol. The van der Waals surface area contributed by atoms with Crippen LogP contribution in [0.15, 0.2) is 16.9 Å². The summed E-state index contributed by atoms with van der Waals surface area (Å²) >= 11 is 0. The number of carboxylic acids is 1. The highest BCUT2D eigenvalue weighted by atomic mass is 16.5. The molecular formula is C10H14N2O4. The fourth-order valence-electron chi connectivity index (χ4n) is 1.49. The van der Waals surface area contributed by atoms with E-state index in [1.54, 1.807) is 13.8 Å². The number of nitrogens with zero attached hydrogens (tertiary/aromatic N) is 2. The van der Waals surface area contributed by atoms with Crippen LogP contribution in [0.3, 0.4) is 0 Å². The molecule has 6 nitrogen and oxygen atoms in total. The zero-order chi connectivity index (χ0) is 12.1. The van der Waals surface area contributed by atoms with Gasteiger partial charge in [0.05, 0.1) is 6.42 Å². The van der Waals surface area contributed by atoms with Gasteiger partial charge in [0, 0.05) is 18.7 Å². The lowest BCUT2D eigenvalue weighted by molar-refractivity contribution is -0.138. The minimum Gasteiger partial charge on any atom is -0.481 e. The maximum Gasteiger partial charge on any atom is 0.305 e. The van der Waals surface area contributed by atoms with E-state index in [1.165, 1.54) is 17.2 Å². The van der Waals surface area contributed by atoms with Crippen LogP contribution in [0.1, 0.15) is 30.8 Å². The maximum absolute atomic E-state index is 11.9. The molecule has 0 aliphatic heterocycles. The van der Waals surface area contributed by atoms with Crippen molar-refractivity contribution in [3.63, 3.8) is 0 Å². The van der Waals surface area contributed by atoms with Crippen LogP contribution in [0.5, 0.6) is 0 Å². The van der Waals surface area contributed by atoms with Crippen molar-refractivity contribution in [2.45, 2.75) is 26.3 Å². The third kappa shape index (κ3) is 2.82. The second-order valence-corrected chi connectivity index (χ2v) is 3.42. The number of hydrogen-bond donors (Lipinski definition) is 1. The molecule has 1 rings (SSSR count). The number of rotatable bonds is 5. The molecule has 0 aromatic carbocycles. The highest BCUT2D eigenvalue weighted by Crippen LogP contribution is 2.09. The molecule has 1 unspecified atom stereocenters. The van der Waals surface area contributed by atoms with Gasteiger partial charge in [-0.05, 0) is 13.8 Å². The Balaban J connectivity index is 2.74. The van der Waals surface area contributed by atoms with Gasteiger partial charge in [0.15, 0.2) is 5.69 Å². The first kappa shape index (κ1) is 12.2. The summed E-state index contributed by atoms with van der Waals surface area (Å²) < 4.78 is 4.58. The molecule has 0 aliphatic carbocycles. The van der Waals surface area contributed by atoms with Gasteiger partial charge in [-0.15, -0.1) is 0 Å². The van der Waals surface area contributed by atoms with Gasteiger partial charge in [-0.25, -0.2) is 0 Å². The van der Waals surface area contributed by atoms with Crippen LogP contribution >= 0.6 is 0 Å². The molecule has 1 atom stereocenters. The van der Waals surface area contributed by atoms with E-state index in [-0.39, 0.29) is 24.1 Å². The van der Waals surface area contributed by atoms with Gasteiger partial charge in [-0.1, -0.05) is 5.16 Å². The Kier molecular flexibility index (Phi) is 4.04. The molecule has 88 valence electrons. The Bertz CT molecular complexity index is 361. The molecule has 0 bridgehead atoms. The number of carbonyl (C=O) groups excluding carboxylic acids is 1. The molecule has 1 aromatic heterocycles. The summed E-state index contributed by atoms with van der Waals surface area (Å²) in [5, 5.41) is 12.2. The van der Waals surface area contributed by atoms with E-state index in [4.69, 9.17) is 5.11 Å². The smallest absolute Gasteiger partial charge is 0.305 e. The average Bonchev–Trinajstić information content (AvgIpc) is 2.69. The lowest BCUT2D eigenvalue weighted by Crippen LogP contribution is -2.39. The Morgan fingerprint density at radius 1 is 1.62 bits per heavy atom. The average molecular weight is 226 g/mol. The summed E-state index contributed by atoms with van der Waals surface area (Å²) in [5.74, 6) is -1.25. The zero-order valence-electron chi connectivity index (χ0n) is 9.21. The zero-order valence-corrected chi connectivity index (χ0v) is 9.21. The van der Waals surface area contributed by atoms with Gasteiger partial charge in [0.1, 0.15) is 6.26 Å². The monoisotopic (exact) mass is 226 g/mol. The molecule has 0 aliphatic rings. The molecule has 16 heavy (non-hydrogen) atoms. The van der Waals surface area contributed by atoms with Crippen molar-refractivity contribution in [2.24, 2.45) is 0 Å². The lowest BCUT2D eigenvalue weighted by atomic mass is 10.2. The predicted octanol–water partition coefficient (Wildman–Crippen LogP) is 1.000. The van der Waals surface area contributed by atoms with Gasteiger partial charge < -0.3 is 14.5 Å². The third-order valence-electron chi connectivity index (χ3n) is 2.26. The number of aromatic nitrogens is 1. The fraction of sp³-hybridized carbons (Fsp3) is 0.500. The normalized spacial score (nSPS) is 12.1. The molecule has 0 fully saturated rings. The van der Waals surface area contributed by atoms with Crippen LogP contribution in [0, 0.1) is 0 Å². The lowest BCUT2D eigenvalue weighted by Gasteiger charge is -2.25. The van der Waals surface area contributed by atoms with Gasteiger partial charge in [0.25, 0.3) is 5.91 Å². The Morgan fingerprint density at radius 2 is 2.31 bits per heavy atom. The topological polar surface area (TPSA) is 83.6 Å². The number of carboxylic acid groups (broad SMARTS) is 1. The largest absolute Gasteiger partial charge is 0.481 e. The minimum atomic E-state index is -0.932. The van der Waals surface area contributed by atoms with E-state index in [0.29, 0.717) is 6.54 Å². The van der Waals surface area contributed by atoms with Crippen LogP contribution < -0.4 is 0 Å². The highest BCUT2D eigenvalue weighted by molar-refractivity contribution is 5.92. The van der Waals surface area contributed by atoms with Crippen molar-refractivity contribution in [1.82, 2.24) is 10.1 Å². The molecule has 1 N–H and O–H groups in total. The molecule has 1 amide bonds. The second-order valence-electron chi connectivity index (χ2n) is 3.42. The first-order valence-corrected chi connectivity index (χ1v) is 4.99. The molecule has 1 aromatic rings. The van der Waals surface area contributed by atoms with E-state index in [1.807, 2.05) is 0 Å². The standard InChI is InChI=1S/C10H14N2O4/c1-3-12(7(2)6-9(13)14)10(15)8-4-5-16-11-8/h4-5,7H,3,6H2,1-2H3,(H,13,14). The first-order valence-electron chi connectivity index (χ1n) is 4.99. The van der Waals surface area contributed by atoms with E-state index in [2.05, 4.69) is 9.68 Å². The van der Waals surface area contributed by atoms with Crippen LogP contribution in [0.2, 0.25) is 0 Å². The van der Waals surface area contributed by atoms with E-state index in [9.17, 15) is 9.59 Å². The van der Waals surface area contributed by atoms with Crippen LogP contribution in [-0.4, -0.2) is 39.6 Å². The number of hydrogen-bond acceptors (Lipinski definition) is 4. The summed E-state index contributed by atoms with van der Waals surface area (Å²) in [6.07, 6.45) is 1.22. The van der Waals surface area contributed by atoms with Crippen LogP contribution in [0.4, 0.5) is 0 Å². The Morgan fingerprint density at radius 3 is 2.75 bits per heavy atom. The van der Waals surface area contributed by atoms with Crippen molar-refractivity contribution >= 4 is 11.9 Å². The van der Waals surface area contributed by atoms with Crippen molar-refractivity contribution in [1.29, 1.82) is 0 Å². The summed E-state index contributed by atoms with van der Waals surface area (Å²) in [4.78, 5) is 23.9. The number of aliphatic carboxylic acids is 1. The van der Waals surface area contributed by atoms with E-state index >= 15 is 0 Å². The van der Waals surface area contributed by atoms with Gasteiger partial charge in [-0.3, -0.25) is 9.59 Å². The third-order valence-corrected chi connectivity index (χ3v) is 2.26. The predicted molar refractivity (Wildman–Crippen MR) is 54.9 cm³/mol. The van der Waals surface area contributed by atoms with Crippen molar-refractivity contribution in [3.8, 4) is 0 Å². The summed E-state index contributed by atoms with van der Waals surface area (Å²) in [7, 11) is 0. The Hall–Kier alpha value is -1.85. The van der Waals surface area contributed by atoms with Crippen molar-refractivity contribution in [3.05, 3.63) is 18.0 Å². The summed E-state index contributed by atoms with van der Waals surface area (Å²) in [6.45, 7) is 3.91. The summed E-state index contributed by atoms with van der Waals surface area (Å²) in [6, 6.07) is 1.09. The highest BCUT2D eigenvalue weighted by Gasteiger charge is 2.23. The van der Waals surface area contributed by atoms with Gasteiger partial charge in [0.2, 0.25) is 0 Å². The van der Waals surface area contributed by atoms with Gasteiger partial charge >= 0.3 is 5.97 Å². The van der Waals surface area contributed by atoms with Gasteiger partial charge in [-0.2, -0.15) is 0 Å². The van der Waals surface area contributed by atoms with Crippen molar-refractivity contribution < 1.29 is 19.2 Å². The quantitative estimate of drug-likeness (QED) is 0.809. The fourth-order valence-corrected chi connectivity index (χ4v) is 1.49. The molecule has 0 saturated carbocycles. The SMILES string of the molecule is CCN(C(=O)c1ccon1)C(C)CC(=O)O. The molecule has 0 spiro atoms. The summed E-state index contributed by atoms with van der Waals surface area (Å²) in [5.41, 5.74) is 0.194. The Labute approximate surface area is 92.8 Å². The molecule has 6 heteroatoms. The molecule has 1 heterocycles. The van der Waals surface area contributed by atoms with Crippen LogP contribution in [-0.2, 0) is 4.79 Å². The van der Waals surface area contributed by atoms with Crippen molar-refractivity contribution in [2.75, 3.05) is 6.54 Å². The number of carbonyl (C=O) groups is 2. The van der Waals surface area contributed by atoms with Crippen LogP contribution in [0.25, 0.3) is 0 Å². The molecule has 0 saturated heterocycles. The first-order chi connectivity index (χ1) is 7.56.